The summed E-state index contributed by atoms with van der Waals surface area (Å²) >= 11 is 1.26. The van der Waals surface area contributed by atoms with Crippen LogP contribution in [0.2, 0.25) is 0 Å². The lowest BCUT2D eigenvalue weighted by molar-refractivity contribution is -0.385. The fourth-order valence-electron chi connectivity index (χ4n) is 2.43. The molecule has 27 heavy (non-hydrogen) atoms. The van der Waals surface area contributed by atoms with Crippen LogP contribution in [-0.4, -0.2) is 28.6 Å². The van der Waals surface area contributed by atoms with Crippen molar-refractivity contribution in [3.8, 4) is 0 Å². The number of rotatable bonds is 8. The number of hydrogen-bond acceptors (Lipinski definition) is 6. The van der Waals surface area contributed by atoms with Crippen LogP contribution in [-0.2, 0) is 16.1 Å². The lowest BCUT2D eigenvalue weighted by Crippen LogP contribution is -2.27. The van der Waals surface area contributed by atoms with Crippen molar-refractivity contribution in [2.75, 3.05) is 5.75 Å². The molecule has 2 aromatic rings. The summed E-state index contributed by atoms with van der Waals surface area (Å²) in [5, 5.41) is 13.9. The molecule has 1 N–H and O–H groups in total. The van der Waals surface area contributed by atoms with Gasteiger partial charge in [0.2, 0.25) is 5.91 Å². The quantitative estimate of drug-likeness (QED) is 0.323. The van der Waals surface area contributed by atoms with Crippen molar-refractivity contribution in [1.82, 2.24) is 5.32 Å². The van der Waals surface area contributed by atoms with Gasteiger partial charge in [-0.1, -0.05) is 24.3 Å². The van der Waals surface area contributed by atoms with Crippen LogP contribution < -0.4 is 5.32 Å². The van der Waals surface area contributed by atoms with Crippen LogP contribution in [0.15, 0.2) is 53.4 Å². The summed E-state index contributed by atoms with van der Waals surface area (Å²) in [6.07, 6.45) is 2.04. The Labute approximate surface area is 160 Å². The highest BCUT2D eigenvalue weighted by Gasteiger charge is 2.23. The first-order chi connectivity index (χ1) is 13.0. The van der Waals surface area contributed by atoms with E-state index in [1.54, 1.807) is 42.5 Å². The van der Waals surface area contributed by atoms with Crippen LogP contribution in [0.1, 0.15) is 28.8 Å². The SMILES string of the molecule is O=C(CSc1ccccc1C(=O)OCc1ccccc1[N+](=O)[O-])NC1CC1. The molecule has 0 radical (unpaired) electrons. The number of hydrogen-bond donors (Lipinski definition) is 1. The third kappa shape index (κ3) is 5.30. The van der Waals surface area contributed by atoms with Crippen molar-refractivity contribution >= 4 is 29.3 Å². The summed E-state index contributed by atoms with van der Waals surface area (Å²) in [6, 6.07) is 13.3. The van der Waals surface area contributed by atoms with Crippen LogP contribution in [0.25, 0.3) is 0 Å². The molecule has 140 valence electrons. The van der Waals surface area contributed by atoms with Crippen LogP contribution in [0.3, 0.4) is 0 Å². The predicted molar refractivity (Wildman–Crippen MR) is 101 cm³/mol. The van der Waals surface area contributed by atoms with Crippen molar-refractivity contribution in [2.24, 2.45) is 0 Å². The minimum absolute atomic E-state index is 0.0643. The molecule has 1 aliphatic rings. The molecule has 0 spiro atoms. The minimum Gasteiger partial charge on any atom is -0.457 e. The van der Waals surface area contributed by atoms with E-state index in [0.717, 1.165) is 12.8 Å². The van der Waals surface area contributed by atoms with Gasteiger partial charge < -0.3 is 10.1 Å². The molecule has 0 aliphatic heterocycles. The molecule has 1 saturated carbocycles. The van der Waals surface area contributed by atoms with E-state index in [1.807, 2.05) is 0 Å². The van der Waals surface area contributed by atoms with Gasteiger partial charge >= 0.3 is 5.97 Å². The monoisotopic (exact) mass is 386 g/mol. The summed E-state index contributed by atoms with van der Waals surface area (Å²) in [6.45, 7) is -0.197. The Bertz CT molecular complexity index is 867. The van der Waals surface area contributed by atoms with Crippen LogP contribution in [0, 0.1) is 10.1 Å². The molecule has 0 atom stereocenters. The van der Waals surface area contributed by atoms with Crippen LogP contribution >= 0.6 is 11.8 Å². The van der Waals surface area contributed by atoms with Crippen molar-refractivity contribution in [3.63, 3.8) is 0 Å². The smallest absolute Gasteiger partial charge is 0.339 e. The molecule has 0 aromatic heterocycles. The number of thioether (sulfide) groups is 1. The Hall–Kier alpha value is -2.87. The van der Waals surface area contributed by atoms with Gasteiger partial charge in [0.05, 0.1) is 21.8 Å². The number of ether oxygens (including phenoxy) is 1. The van der Waals surface area contributed by atoms with Gasteiger partial charge in [-0.3, -0.25) is 14.9 Å². The summed E-state index contributed by atoms with van der Waals surface area (Å²) in [5.74, 6) is -0.435. The molecular weight excluding hydrogens is 368 g/mol. The molecule has 1 fully saturated rings. The number of para-hydroxylation sites is 1. The van der Waals surface area contributed by atoms with E-state index < -0.39 is 10.9 Å². The number of amides is 1. The number of nitrogens with zero attached hydrogens (tertiary/aromatic N) is 1. The van der Waals surface area contributed by atoms with Gasteiger partial charge in [-0.2, -0.15) is 0 Å². The van der Waals surface area contributed by atoms with E-state index >= 15 is 0 Å². The molecule has 0 unspecified atom stereocenters. The van der Waals surface area contributed by atoms with Crippen LogP contribution in [0.5, 0.6) is 0 Å². The maximum absolute atomic E-state index is 12.4. The molecule has 0 heterocycles. The van der Waals surface area contributed by atoms with E-state index in [1.165, 1.54) is 17.8 Å². The molecule has 7 nitrogen and oxygen atoms in total. The number of carbonyl (C=O) groups excluding carboxylic acids is 2. The van der Waals surface area contributed by atoms with Crippen molar-refractivity contribution in [3.05, 3.63) is 69.8 Å². The second kappa shape index (κ2) is 8.68. The van der Waals surface area contributed by atoms with Crippen molar-refractivity contribution < 1.29 is 19.2 Å². The minimum atomic E-state index is -0.584. The molecule has 8 heteroatoms. The number of esters is 1. The molecule has 1 amide bonds. The van der Waals surface area contributed by atoms with Gasteiger partial charge in [-0.05, 0) is 31.0 Å². The zero-order valence-electron chi connectivity index (χ0n) is 14.4. The standard InChI is InChI=1S/C19H18N2O5S/c22-18(20-14-9-10-14)12-27-17-8-4-2-6-15(17)19(23)26-11-13-5-1-3-7-16(13)21(24)25/h1-8,14H,9-12H2,(H,20,22). The lowest BCUT2D eigenvalue weighted by atomic mass is 10.2. The van der Waals surface area contributed by atoms with E-state index in [9.17, 15) is 19.7 Å². The Morgan fingerprint density at radius 2 is 1.85 bits per heavy atom. The van der Waals surface area contributed by atoms with Crippen LogP contribution in [0.4, 0.5) is 5.69 Å². The Morgan fingerprint density at radius 1 is 1.15 bits per heavy atom. The summed E-state index contributed by atoms with van der Waals surface area (Å²) in [7, 11) is 0. The highest BCUT2D eigenvalue weighted by Crippen LogP contribution is 2.25. The predicted octanol–water partition coefficient (Wildman–Crippen LogP) is 3.32. The number of nitro benzene ring substituents is 1. The van der Waals surface area contributed by atoms with Crippen molar-refractivity contribution in [1.29, 1.82) is 0 Å². The van der Waals surface area contributed by atoms with E-state index in [0.29, 0.717) is 22.1 Å². The molecular formula is C19H18N2O5S. The topological polar surface area (TPSA) is 98.5 Å². The second-order valence-corrected chi connectivity index (χ2v) is 7.11. The van der Waals surface area contributed by atoms with Gasteiger partial charge in [0.25, 0.3) is 5.69 Å². The number of benzene rings is 2. The summed E-state index contributed by atoms with van der Waals surface area (Å²) in [4.78, 5) is 35.5. The Morgan fingerprint density at radius 3 is 2.59 bits per heavy atom. The van der Waals surface area contributed by atoms with Gasteiger partial charge in [-0.25, -0.2) is 4.79 Å². The molecule has 2 aromatic carbocycles. The zero-order valence-corrected chi connectivity index (χ0v) is 15.2. The molecule has 1 aliphatic carbocycles. The van der Waals surface area contributed by atoms with E-state index in [2.05, 4.69) is 5.32 Å². The third-order valence-electron chi connectivity index (χ3n) is 3.96. The first kappa shape index (κ1) is 18.9. The van der Waals surface area contributed by atoms with Crippen molar-refractivity contribution in [2.45, 2.75) is 30.4 Å². The van der Waals surface area contributed by atoms with E-state index in [-0.39, 0.29) is 24.0 Å². The largest absolute Gasteiger partial charge is 0.457 e. The maximum Gasteiger partial charge on any atom is 0.339 e. The number of nitro groups is 1. The fraction of sp³-hybridized carbons (Fsp3) is 0.263. The van der Waals surface area contributed by atoms with Gasteiger partial charge in [0, 0.05) is 17.0 Å². The number of nitrogens with one attached hydrogen (secondary N) is 1. The highest BCUT2D eigenvalue weighted by atomic mass is 32.2. The molecule has 0 bridgehead atoms. The average molecular weight is 386 g/mol. The molecule has 0 saturated heterocycles. The Balaban J connectivity index is 1.63. The highest BCUT2D eigenvalue weighted by molar-refractivity contribution is 8.00. The average Bonchev–Trinajstić information content (AvgIpc) is 3.48. The first-order valence-corrected chi connectivity index (χ1v) is 9.44. The fourth-order valence-corrected chi connectivity index (χ4v) is 3.29. The Kier molecular flexibility index (Phi) is 6.08. The zero-order chi connectivity index (χ0) is 19.2. The summed E-state index contributed by atoms with van der Waals surface area (Å²) in [5.41, 5.74) is 0.565. The normalized spacial score (nSPS) is 13.0. The van der Waals surface area contributed by atoms with Gasteiger partial charge in [0.1, 0.15) is 6.61 Å². The maximum atomic E-state index is 12.4. The number of carbonyl (C=O) groups is 2. The molecule has 3 rings (SSSR count). The third-order valence-corrected chi connectivity index (χ3v) is 5.03. The van der Waals surface area contributed by atoms with E-state index in [4.69, 9.17) is 4.74 Å². The lowest BCUT2D eigenvalue weighted by Gasteiger charge is -2.10. The second-order valence-electron chi connectivity index (χ2n) is 6.09. The van der Waals surface area contributed by atoms with Gasteiger partial charge in [0.15, 0.2) is 0 Å². The van der Waals surface area contributed by atoms with Gasteiger partial charge in [-0.15, -0.1) is 11.8 Å². The first-order valence-electron chi connectivity index (χ1n) is 8.45. The summed E-state index contributed by atoms with van der Waals surface area (Å²) < 4.78 is 5.27.